The summed E-state index contributed by atoms with van der Waals surface area (Å²) in [6, 6.07) is 31.1. The van der Waals surface area contributed by atoms with Crippen LogP contribution in [0, 0.1) is 5.82 Å². The summed E-state index contributed by atoms with van der Waals surface area (Å²) in [5.74, 6) is -1.46. The molecule has 1 aliphatic heterocycles. The van der Waals surface area contributed by atoms with Gasteiger partial charge in [0.15, 0.2) is 0 Å². The van der Waals surface area contributed by atoms with E-state index in [-0.39, 0.29) is 16.5 Å². The van der Waals surface area contributed by atoms with Gasteiger partial charge in [-0.2, -0.15) is 0 Å². The van der Waals surface area contributed by atoms with Gasteiger partial charge in [0, 0.05) is 22.7 Å². The number of anilines is 3. The van der Waals surface area contributed by atoms with Gasteiger partial charge in [0.25, 0.3) is 11.8 Å². The molecule has 0 aliphatic carbocycles. The first kappa shape index (κ1) is 25.9. The number of benzene rings is 4. The largest absolute Gasteiger partial charge is 0.350 e. The number of carbonyl (C=O) groups excluding carboxylic acids is 3. The monoisotopic (exact) mass is 537 g/mol. The van der Waals surface area contributed by atoms with Crippen molar-refractivity contribution >= 4 is 46.5 Å². The van der Waals surface area contributed by atoms with E-state index in [9.17, 15) is 18.8 Å². The lowest BCUT2D eigenvalue weighted by atomic mass is 10.1. The van der Waals surface area contributed by atoms with E-state index in [1.807, 2.05) is 30.3 Å². The SMILES string of the molecule is O=C(CCc1ccccc1)Nc1ccc(SC2=C(Nc3ccc(F)cc3)C(=O)N(c3ccccc3)C2=O)cc1. The summed E-state index contributed by atoms with van der Waals surface area (Å²) in [5.41, 5.74) is 2.77. The Bertz CT molecular complexity index is 1520. The Morgan fingerprint density at radius 1 is 0.744 bits per heavy atom. The number of rotatable bonds is 9. The van der Waals surface area contributed by atoms with Crippen LogP contribution >= 0.6 is 11.8 Å². The average molecular weight is 538 g/mol. The Morgan fingerprint density at radius 3 is 2.03 bits per heavy atom. The zero-order valence-electron chi connectivity index (χ0n) is 20.8. The second kappa shape index (κ2) is 11.8. The molecule has 8 heteroatoms. The molecule has 2 N–H and O–H groups in total. The standard InChI is InChI=1S/C31H24FN3O3S/c32-22-12-14-24(15-13-22)34-28-29(31(38)35(30(28)37)25-9-5-2-6-10-25)39-26-18-16-23(17-19-26)33-27(36)20-11-21-7-3-1-4-8-21/h1-10,12-19,34H,11,20H2,(H,33,36). The highest BCUT2D eigenvalue weighted by molar-refractivity contribution is 8.04. The first-order chi connectivity index (χ1) is 19.0. The van der Waals surface area contributed by atoms with Crippen molar-refractivity contribution in [2.45, 2.75) is 17.7 Å². The predicted octanol–water partition coefficient (Wildman–Crippen LogP) is 6.39. The quantitative estimate of drug-likeness (QED) is 0.242. The molecule has 1 heterocycles. The minimum atomic E-state index is -0.500. The molecule has 6 nitrogen and oxygen atoms in total. The highest BCUT2D eigenvalue weighted by Gasteiger charge is 2.40. The summed E-state index contributed by atoms with van der Waals surface area (Å²) in [6.07, 6.45) is 1.00. The minimum absolute atomic E-state index is 0.0946. The number of hydrogen-bond acceptors (Lipinski definition) is 5. The fraction of sp³-hybridized carbons (Fsp3) is 0.0645. The maximum absolute atomic E-state index is 13.4. The van der Waals surface area contributed by atoms with Crippen molar-refractivity contribution in [3.63, 3.8) is 0 Å². The van der Waals surface area contributed by atoms with Crippen molar-refractivity contribution in [2.24, 2.45) is 0 Å². The van der Waals surface area contributed by atoms with E-state index < -0.39 is 17.6 Å². The van der Waals surface area contributed by atoms with Crippen molar-refractivity contribution < 1.29 is 18.8 Å². The Hall–Kier alpha value is -4.69. The van der Waals surface area contributed by atoms with Crippen molar-refractivity contribution in [1.29, 1.82) is 0 Å². The van der Waals surface area contributed by atoms with E-state index >= 15 is 0 Å². The van der Waals surface area contributed by atoms with Crippen LogP contribution in [0.4, 0.5) is 21.5 Å². The summed E-state index contributed by atoms with van der Waals surface area (Å²) in [7, 11) is 0. The predicted molar refractivity (Wildman–Crippen MR) is 152 cm³/mol. The third-order valence-corrected chi connectivity index (χ3v) is 7.10. The summed E-state index contributed by atoms with van der Waals surface area (Å²) in [6.45, 7) is 0. The number of hydrogen-bond donors (Lipinski definition) is 2. The molecule has 4 aromatic carbocycles. The molecular weight excluding hydrogens is 513 g/mol. The number of carbonyl (C=O) groups is 3. The number of halogens is 1. The fourth-order valence-electron chi connectivity index (χ4n) is 4.05. The lowest BCUT2D eigenvalue weighted by Crippen LogP contribution is -2.32. The maximum atomic E-state index is 13.4. The number of nitrogens with one attached hydrogen (secondary N) is 2. The molecule has 0 aromatic heterocycles. The number of nitrogens with zero attached hydrogens (tertiary/aromatic N) is 1. The van der Waals surface area contributed by atoms with Crippen LogP contribution in [0.1, 0.15) is 12.0 Å². The van der Waals surface area contributed by atoms with E-state index in [0.717, 1.165) is 22.2 Å². The highest BCUT2D eigenvalue weighted by atomic mass is 32.2. The normalized spacial score (nSPS) is 13.1. The van der Waals surface area contributed by atoms with Crippen molar-refractivity contribution in [1.82, 2.24) is 0 Å². The third kappa shape index (κ3) is 6.25. The lowest BCUT2D eigenvalue weighted by Gasteiger charge is -2.15. The number of thioether (sulfide) groups is 1. The topological polar surface area (TPSA) is 78.5 Å². The Morgan fingerprint density at radius 2 is 1.36 bits per heavy atom. The zero-order valence-corrected chi connectivity index (χ0v) is 21.6. The van der Waals surface area contributed by atoms with Crippen molar-refractivity contribution in [3.8, 4) is 0 Å². The van der Waals surface area contributed by atoms with Crippen LogP contribution in [0.15, 0.2) is 125 Å². The van der Waals surface area contributed by atoms with Gasteiger partial charge >= 0.3 is 0 Å². The van der Waals surface area contributed by atoms with Crippen LogP contribution < -0.4 is 15.5 Å². The van der Waals surface area contributed by atoms with E-state index in [4.69, 9.17) is 0 Å². The van der Waals surface area contributed by atoms with Gasteiger partial charge in [0.05, 0.1) is 5.69 Å². The first-order valence-electron chi connectivity index (χ1n) is 12.3. The fourth-order valence-corrected chi connectivity index (χ4v) is 4.98. The van der Waals surface area contributed by atoms with Gasteiger partial charge in [-0.25, -0.2) is 9.29 Å². The van der Waals surface area contributed by atoms with Gasteiger partial charge in [-0.05, 0) is 72.6 Å². The van der Waals surface area contributed by atoms with Gasteiger partial charge in [-0.1, -0.05) is 60.3 Å². The van der Waals surface area contributed by atoms with Gasteiger partial charge in [-0.15, -0.1) is 0 Å². The number of aryl methyl sites for hydroxylation is 1. The average Bonchev–Trinajstić information content (AvgIpc) is 3.19. The smallest absolute Gasteiger partial charge is 0.283 e. The molecule has 0 fully saturated rings. The van der Waals surface area contributed by atoms with Gasteiger partial charge in [0.1, 0.15) is 16.4 Å². The Kier molecular flexibility index (Phi) is 7.84. The molecule has 0 radical (unpaired) electrons. The van der Waals surface area contributed by atoms with E-state index in [2.05, 4.69) is 10.6 Å². The molecule has 39 heavy (non-hydrogen) atoms. The maximum Gasteiger partial charge on any atom is 0.283 e. The number of imide groups is 1. The molecule has 0 saturated carbocycles. The molecule has 0 atom stereocenters. The molecule has 0 bridgehead atoms. The van der Waals surface area contributed by atoms with Crippen LogP contribution in [0.3, 0.4) is 0 Å². The number of amides is 3. The summed E-state index contributed by atoms with van der Waals surface area (Å²) in [5, 5.41) is 5.90. The molecule has 5 rings (SSSR count). The molecule has 1 aliphatic rings. The first-order valence-corrected chi connectivity index (χ1v) is 13.1. The van der Waals surface area contributed by atoms with Crippen LogP contribution in [-0.2, 0) is 20.8 Å². The van der Waals surface area contributed by atoms with Gasteiger partial charge < -0.3 is 10.6 Å². The van der Waals surface area contributed by atoms with Crippen LogP contribution in [-0.4, -0.2) is 17.7 Å². The van der Waals surface area contributed by atoms with Crippen molar-refractivity contribution in [2.75, 3.05) is 15.5 Å². The van der Waals surface area contributed by atoms with Crippen LogP contribution in [0.25, 0.3) is 0 Å². The molecule has 3 amide bonds. The second-order valence-corrected chi connectivity index (χ2v) is 9.86. The van der Waals surface area contributed by atoms with Crippen LogP contribution in [0.2, 0.25) is 0 Å². The van der Waals surface area contributed by atoms with Gasteiger partial charge in [0.2, 0.25) is 5.91 Å². The second-order valence-electron chi connectivity index (χ2n) is 8.78. The Balaban J connectivity index is 1.32. The summed E-state index contributed by atoms with van der Waals surface area (Å²) >= 11 is 1.15. The van der Waals surface area contributed by atoms with E-state index in [0.29, 0.717) is 34.8 Å². The molecule has 4 aromatic rings. The van der Waals surface area contributed by atoms with E-state index in [1.165, 1.54) is 24.3 Å². The highest BCUT2D eigenvalue weighted by Crippen LogP contribution is 2.38. The summed E-state index contributed by atoms with van der Waals surface area (Å²) < 4.78 is 13.4. The Labute approximate surface area is 229 Å². The van der Waals surface area contributed by atoms with Crippen molar-refractivity contribution in [3.05, 3.63) is 131 Å². The lowest BCUT2D eigenvalue weighted by molar-refractivity contribution is -0.120. The molecule has 0 spiro atoms. The molecule has 0 saturated heterocycles. The minimum Gasteiger partial charge on any atom is -0.350 e. The molecule has 194 valence electrons. The summed E-state index contributed by atoms with van der Waals surface area (Å²) in [4.78, 5) is 41.3. The van der Waals surface area contributed by atoms with E-state index in [1.54, 1.807) is 54.6 Å². The van der Waals surface area contributed by atoms with Crippen LogP contribution in [0.5, 0.6) is 0 Å². The zero-order chi connectivity index (χ0) is 27.2. The van der Waals surface area contributed by atoms with Gasteiger partial charge in [-0.3, -0.25) is 14.4 Å². The molecular formula is C31H24FN3O3S. The third-order valence-electron chi connectivity index (χ3n) is 6.01. The molecule has 0 unspecified atom stereocenters. The number of para-hydroxylation sites is 1.